The molecule has 2 aromatic carbocycles. The molecule has 0 atom stereocenters. The van der Waals surface area contributed by atoms with Crippen molar-refractivity contribution < 1.29 is 17.6 Å². The molecule has 0 fully saturated rings. The minimum atomic E-state index is -1.02. The molecular weight excluding hydrogens is 596 g/mol. The van der Waals surface area contributed by atoms with Crippen LogP contribution in [0.25, 0.3) is 55.9 Å². The minimum Gasteiger partial charge on any atom is -0.307 e. The van der Waals surface area contributed by atoms with Gasteiger partial charge in [0.25, 0.3) is 0 Å². The predicted octanol–water partition coefficient (Wildman–Crippen LogP) is 6.94. The number of pyridine rings is 2. The zero-order valence-corrected chi connectivity index (χ0v) is 23.0. The van der Waals surface area contributed by atoms with Crippen LogP contribution in [0.15, 0.2) is 71.8 Å². The van der Waals surface area contributed by atoms with Gasteiger partial charge in [-0.15, -0.1) is 0 Å². The summed E-state index contributed by atoms with van der Waals surface area (Å²) >= 11 is 0. The van der Waals surface area contributed by atoms with E-state index in [0.717, 1.165) is 30.5 Å². The molecule has 2 aliphatic carbocycles. The average molecular weight is 609 g/mol. The van der Waals surface area contributed by atoms with Crippen LogP contribution in [0.5, 0.6) is 0 Å². The number of nitrogens with one attached hydrogen (secondary N) is 1. The summed E-state index contributed by atoms with van der Waals surface area (Å²) < 4.78 is 55.8. The van der Waals surface area contributed by atoms with E-state index < -0.39 is 23.8 Å². The molecule has 0 bridgehead atoms. The molecular formula is C34H12F4N8. The molecule has 12 heteroatoms. The van der Waals surface area contributed by atoms with Crippen LogP contribution in [-0.4, -0.2) is 26.2 Å². The Morgan fingerprint density at radius 3 is 1.37 bits per heavy atom. The smallest absolute Gasteiger partial charge is 0.216 e. The molecule has 216 valence electrons. The van der Waals surface area contributed by atoms with Crippen molar-refractivity contribution >= 4 is 17.4 Å². The number of halogens is 4. The quantitative estimate of drug-likeness (QED) is 0.0989. The number of hydrogen-bond donors (Lipinski definition) is 1. The van der Waals surface area contributed by atoms with Crippen LogP contribution in [0.1, 0.15) is 22.5 Å². The predicted molar refractivity (Wildman–Crippen MR) is 157 cm³/mol. The highest BCUT2D eigenvalue weighted by molar-refractivity contribution is 6.10. The van der Waals surface area contributed by atoms with Gasteiger partial charge >= 0.3 is 0 Å². The monoisotopic (exact) mass is 608 g/mol. The Labute approximate surface area is 257 Å². The Balaban J connectivity index is 1.48. The highest BCUT2D eigenvalue weighted by Crippen LogP contribution is 2.51. The van der Waals surface area contributed by atoms with Crippen molar-refractivity contribution in [1.82, 2.24) is 19.9 Å². The van der Waals surface area contributed by atoms with E-state index in [0.29, 0.717) is 33.4 Å². The van der Waals surface area contributed by atoms with E-state index in [1.807, 2.05) is 18.2 Å². The first-order valence-corrected chi connectivity index (χ1v) is 13.3. The zero-order chi connectivity index (χ0) is 32.3. The van der Waals surface area contributed by atoms with E-state index in [1.165, 1.54) is 0 Å². The Hall–Kier alpha value is -6.84. The van der Waals surface area contributed by atoms with Crippen molar-refractivity contribution in [2.45, 2.75) is 0 Å². The SMILES string of the molecule is N#CC(C#N)=C1c2cc(-c3cc(F)nc(F)c3)ccc2-c2nc3c(nc21)-c1ccc(-c2cc(F)nc(F)c2)cc1/C3=C(\C#N)C=N. The summed E-state index contributed by atoms with van der Waals surface area (Å²) in [5.41, 5.74) is 3.99. The Morgan fingerprint density at radius 1 is 0.522 bits per heavy atom. The van der Waals surface area contributed by atoms with E-state index in [4.69, 9.17) is 15.4 Å². The van der Waals surface area contributed by atoms with Crippen molar-refractivity contribution in [1.29, 1.82) is 21.2 Å². The van der Waals surface area contributed by atoms with Gasteiger partial charge in [0.05, 0.1) is 22.7 Å². The van der Waals surface area contributed by atoms with Crippen molar-refractivity contribution in [2.24, 2.45) is 0 Å². The molecule has 3 aromatic heterocycles. The molecule has 2 aliphatic rings. The highest BCUT2D eigenvalue weighted by atomic mass is 19.1. The van der Waals surface area contributed by atoms with Crippen molar-refractivity contribution in [3.63, 3.8) is 0 Å². The average Bonchev–Trinajstić information content (AvgIpc) is 3.52. The number of nitriles is 3. The molecule has 1 N–H and O–H groups in total. The number of benzene rings is 2. The number of aromatic nitrogens is 4. The summed E-state index contributed by atoms with van der Waals surface area (Å²) in [5, 5.41) is 37.7. The van der Waals surface area contributed by atoms with E-state index in [1.54, 1.807) is 36.4 Å². The molecule has 0 unspecified atom stereocenters. The van der Waals surface area contributed by atoms with Crippen LogP contribution in [0.2, 0.25) is 0 Å². The van der Waals surface area contributed by atoms with Gasteiger partial charge in [0, 0.05) is 52.8 Å². The maximum Gasteiger partial charge on any atom is 0.216 e. The van der Waals surface area contributed by atoms with Crippen LogP contribution in [0.4, 0.5) is 17.6 Å². The van der Waals surface area contributed by atoms with Crippen LogP contribution < -0.4 is 0 Å². The summed E-state index contributed by atoms with van der Waals surface area (Å²) in [6.07, 6.45) is 0.865. The lowest BCUT2D eigenvalue weighted by molar-refractivity contribution is 0.512. The second-order valence-corrected chi connectivity index (χ2v) is 10.2. The Morgan fingerprint density at radius 2 is 0.957 bits per heavy atom. The number of rotatable bonds is 3. The highest BCUT2D eigenvalue weighted by Gasteiger charge is 2.36. The lowest BCUT2D eigenvalue weighted by atomic mass is 9.96. The molecule has 0 saturated heterocycles. The van der Waals surface area contributed by atoms with Crippen LogP contribution in [0.3, 0.4) is 0 Å². The first-order valence-electron chi connectivity index (χ1n) is 13.3. The Kier molecular flexibility index (Phi) is 6.33. The second kappa shape index (κ2) is 10.4. The molecule has 5 aromatic rings. The van der Waals surface area contributed by atoms with Gasteiger partial charge in [-0.25, -0.2) is 9.97 Å². The van der Waals surface area contributed by atoms with Gasteiger partial charge in [-0.1, -0.05) is 24.3 Å². The lowest BCUT2D eigenvalue weighted by Gasteiger charge is -2.08. The molecule has 0 radical (unpaired) electrons. The molecule has 7 rings (SSSR count). The fourth-order valence-corrected chi connectivity index (χ4v) is 5.77. The fourth-order valence-electron chi connectivity index (χ4n) is 5.77. The van der Waals surface area contributed by atoms with Gasteiger partial charge < -0.3 is 5.41 Å². The summed E-state index contributed by atoms with van der Waals surface area (Å²) in [7, 11) is 0. The summed E-state index contributed by atoms with van der Waals surface area (Å²) in [4.78, 5) is 16.0. The number of allylic oxidation sites excluding steroid dienone is 2. The van der Waals surface area contributed by atoms with Crippen molar-refractivity contribution in [3.8, 4) is 63.0 Å². The van der Waals surface area contributed by atoms with Crippen LogP contribution in [0, 0.1) is 63.2 Å². The third kappa shape index (κ3) is 4.23. The number of fused-ring (bicyclic) bond motifs is 6. The topological polar surface area (TPSA) is 147 Å². The number of nitrogens with zero attached hydrogens (tertiary/aromatic N) is 7. The molecule has 0 spiro atoms. The molecule has 3 heterocycles. The standard InChI is InChI=1S/C34H12F4N8/c35-25-7-17(8-26(36)43-25)15-1-3-21-23(5-15)29(19(11-39)12-40)33-31(21)45-34-30(20(13-41)14-42)24-6-16(2-4-22(24)32(34)46-33)18-9-27(37)44-28(38)10-18/h1-11,39H/b29-19+,39-11?. The minimum absolute atomic E-state index is 0.0562. The fraction of sp³-hybridized carbons (Fsp3) is 0. The van der Waals surface area contributed by atoms with E-state index >= 15 is 0 Å². The summed E-state index contributed by atoms with van der Waals surface area (Å²) in [6, 6.07) is 19.6. The van der Waals surface area contributed by atoms with Gasteiger partial charge in [0.15, 0.2) is 0 Å². The van der Waals surface area contributed by atoms with Crippen molar-refractivity contribution in [3.05, 3.63) is 118 Å². The molecule has 0 amide bonds. The van der Waals surface area contributed by atoms with Gasteiger partial charge in [-0.05, 0) is 45.5 Å². The number of hydrogen-bond acceptors (Lipinski definition) is 8. The maximum atomic E-state index is 13.9. The first-order chi connectivity index (χ1) is 22.2. The van der Waals surface area contributed by atoms with Gasteiger partial charge in [-0.2, -0.15) is 43.3 Å². The van der Waals surface area contributed by atoms with Crippen LogP contribution in [-0.2, 0) is 0 Å². The Bertz CT molecular complexity index is 2370. The van der Waals surface area contributed by atoms with Crippen molar-refractivity contribution in [2.75, 3.05) is 0 Å². The van der Waals surface area contributed by atoms with Gasteiger partial charge in [0.2, 0.25) is 23.8 Å². The third-order valence-electron chi connectivity index (χ3n) is 7.66. The van der Waals surface area contributed by atoms with Gasteiger partial charge in [-0.3, -0.25) is 0 Å². The third-order valence-corrected chi connectivity index (χ3v) is 7.66. The van der Waals surface area contributed by atoms with E-state index in [2.05, 4.69) is 9.97 Å². The van der Waals surface area contributed by atoms with E-state index in [9.17, 15) is 33.3 Å². The van der Waals surface area contributed by atoms with E-state index in [-0.39, 0.29) is 56.2 Å². The normalized spacial score (nSPS) is 13.0. The zero-order valence-electron chi connectivity index (χ0n) is 23.0. The maximum absolute atomic E-state index is 13.9. The lowest BCUT2D eigenvalue weighted by Crippen LogP contribution is -1.99. The van der Waals surface area contributed by atoms with Gasteiger partial charge in [0.1, 0.15) is 29.5 Å². The molecule has 0 saturated carbocycles. The molecule has 0 aliphatic heterocycles. The molecule has 8 nitrogen and oxygen atoms in total. The summed E-state index contributed by atoms with van der Waals surface area (Å²) in [5.74, 6) is -4.08. The largest absolute Gasteiger partial charge is 0.307 e. The molecule has 46 heavy (non-hydrogen) atoms. The second-order valence-electron chi connectivity index (χ2n) is 10.2. The first kappa shape index (κ1) is 28.0. The van der Waals surface area contributed by atoms with Crippen LogP contribution >= 0.6 is 0 Å². The summed E-state index contributed by atoms with van der Waals surface area (Å²) in [6.45, 7) is 0.